The smallest absolute Gasteiger partial charge is 0.293 e. The van der Waals surface area contributed by atoms with Crippen LogP contribution in [-0.2, 0) is 16.1 Å². The van der Waals surface area contributed by atoms with E-state index in [1.807, 2.05) is 80.1 Å². The predicted molar refractivity (Wildman–Crippen MR) is 137 cm³/mol. The molecule has 0 amide bonds. The van der Waals surface area contributed by atoms with E-state index < -0.39 is 0 Å². The van der Waals surface area contributed by atoms with Crippen molar-refractivity contribution in [2.75, 3.05) is 5.73 Å². The molecule has 0 radical (unpaired) electrons. The highest BCUT2D eigenvalue weighted by Crippen LogP contribution is 2.33. The molecular weight excluding hydrogens is 440 g/mol. The van der Waals surface area contributed by atoms with E-state index in [9.17, 15) is 4.79 Å². The average molecular weight is 469 g/mol. The molecule has 0 aliphatic heterocycles. The van der Waals surface area contributed by atoms with Gasteiger partial charge in [0.25, 0.3) is 6.47 Å². The van der Waals surface area contributed by atoms with E-state index in [1.165, 1.54) is 5.56 Å². The standard InChI is InChI=1S/C22H18N6.C5H10O2/c23-22-18-13-17(11-12-19(18)24-26-22)20-21(16-9-5-2-6-10-16)28(27-25-20)14-15-7-3-1-4-8-15;1-5(2,3)7-4-6/h1-13H,14H2,(H3,23,24,26);4H,1-3H3. The fourth-order valence-corrected chi connectivity index (χ4v) is 3.58. The van der Waals surface area contributed by atoms with E-state index in [1.54, 1.807) is 0 Å². The molecule has 178 valence electrons. The second-order valence-corrected chi connectivity index (χ2v) is 8.99. The summed E-state index contributed by atoms with van der Waals surface area (Å²) in [7, 11) is 0. The number of nitrogen functional groups attached to an aromatic ring is 1. The molecule has 0 saturated carbocycles. The summed E-state index contributed by atoms with van der Waals surface area (Å²) in [6, 6.07) is 26.5. The molecule has 0 aliphatic rings. The van der Waals surface area contributed by atoms with Crippen molar-refractivity contribution in [2.45, 2.75) is 32.9 Å². The molecule has 0 fully saturated rings. The summed E-state index contributed by atoms with van der Waals surface area (Å²) in [5.74, 6) is 0.481. The van der Waals surface area contributed by atoms with E-state index in [4.69, 9.17) is 5.73 Å². The first-order chi connectivity index (χ1) is 16.9. The lowest BCUT2D eigenvalue weighted by Gasteiger charge is -2.14. The number of aromatic amines is 1. The van der Waals surface area contributed by atoms with Crippen LogP contribution in [0.25, 0.3) is 33.4 Å². The van der Waals surface area contributed by atoms with Gasteiger partial charge in [0.15, 0.2) is 5.82 Å². The Morgan fingerprint density at radius 2 is 1.66 bits per heavy atom. The summed E-state index contributed by atoms with van der Waals surface area (Å²) in [6.45, 7) is 6.57. The van der Waals surface area contributed by atoms with Gasteiger partial charge in [-0.05, 0) is 38.5 Å². The molecular formula is C27H28N6O2. The maximum atomic E-state index is 9.60. The second kappa shape index (κ2) is 10.2. The van der Waals surface area contributed by atoms with Crippen molar-refractivity contribution in [1.29, 1.82) is 0 Å². The maximum Gasteiger partial charge on any atom is 0.293 e. The summed E-state index contributed by atoms with van der Waals surface area (Å²) < 4.78 is 6.50. The lowest BCUT2D eigenvalue weighted by Crippen LogP contribution is -2.17. The second-order valence-electron chi connectivity index (χ2n) is 8.99. The zero-order valence-electron chi connectivity index (χ0n) is 20.0. The fraction of sp³-hybridized carbons (Fsp3) is 0.185. The minimum Gasteiger partial charge on any atom is -0.462 e. The zero-order chi connectivity index (χ0) is 24.8. The number of H-pyrrole nitrogens is 1. The number of rotatable bonds is 5. The van der Waals surface area contributed by atoms with Crippen LogP contribution in [0.3, 0.4) is 0 Å². The minimum atomic E-state index is -0.318. The van der Waals surface area contributed by atoms with Crippen LogP contribution < -0.4 is 5.73 Å². The summed E-state index contributed by atoms with van der Waals surface area (Å²) in [5, 5.41) is 16.9. The van der Waals surface area contributed by atoms with Gasteiger partial charge in [0.05, 0.1) is 17.8 Å². The van der Waals surface area contributed by atoms with Crippen molar-refractivity contribution in [1.82, 2.24) is 25.2 Å². The van der Waals surface area contributed by atoms with Gasteiger partial charge >= 0.3 is 0 Å². The van der Waals surface area contributed by atoms with Crippen LogP contribution in [0.5, 0.6) is 0 Å². The topological polar surface area (TPSA) is 112 Å². The molecule has 2 heterocycles. The van der Waals surface area contributed by atoms with Gasteiger partial charge in [-0.2, -0.15) is 5.10 Å². The minimum absolute atomic E-state index is 0.318. The number of ether oxygens (including phenoxy) is 1. The number of nitrogens with one attached hydrogen (secondary N) is 1. The van der Waals surface area contributed by atoms with Crippen molar-refractivity contribution >= 4 is 23.2 Å². The molecule has 5 aromatic rings. The first-order valence-corrected chi connectivity index (χ1v) is 11.2. The van der Waals surface area contributed by atoms with Crippen LogP contribution in [0.15, 0.2) is 78.9 Å². The number of carbonyl (C=O) groups is 1. The van der Waals surface area contributed by atoms with Crippen molar-refractivity contribution in [3.8, 4) is 22.5 Å². The summed E-state index contributed by atoms with van der Waals surface area (Å²) in [6.07, 6.45) is 0. The zero-order valence-corrected chi connectivity index (χ0v) is 20.0. The third kappa shape index (κ3) is 5.73. The highest BCUT2D eigenvalue weighted by Gasteiger charge is 2.18. The largest absolute Gasteiger partial charge is 0.462 e. The van der Waals surface area contributed by atoms with Crippen LogP contribution in [0.2, 0.25) is 0 Å². The Bertz CT molecular complexity index is 1400. The van der Waals surface area contributed by atoms with E-state index in [0.717, 1.165) is 33.4 Å². The predicted octanol–water partition coefficient (Wildman–Crippen LogP) is 5.08. The first-order valence-electron chi connectivity index (χ1n) is 11.2. The van der Waals surface area contributed by atoms with Crippen LogP contribution in [-0.4, -0.2) is 37.3 Å². The number of benzene rings is 3. The molecule has 8 nitrogen and oxygen atoms in total. The van der Waals surface area contributed by atoms with Crippen LogP contribution in [0, 0.1) is 0 Å². The molecule has 0 bridgehead atoms. The molecule has 0 atom stereocenters. The molecule has 35 heavy (non-hydrogen) atoms. The molecule has 8 heteroatoms. The first kappa shape index (κ1) is 23.7. The normalized spacial score (nSPS) is 11.1. The van der Waals surface area contributed by atoms with E-state index in [2.05, 4.69) is 49.5 Å². The number of carbonyl (C=O) groups excluding carboxylic acids is 1. The van der Waals surface area contributed by atoms with Gasteiger partial charge < -0.3 is 10.5 Å². The third-order valence-electron chi connectivity index (χ3n) is 5.22. The monoisotopic (exact) mass is 468 g/mol. The number of hydrogen-bond acceptors (Lipinski definition) is 6. The Morgan fingerprint density at radius 3 is 2.29 bits per heavy atom. The Hall–Kier alpha value is -4.46. The fourth-order valence-electron chi connectivity index (χ4n) is 3.58. The van der Waals surface area contributed by atoms with Crippen molar-refractivity contribution in [3.63, 3.8) is 0 Å². The molecule has 3 aromatic carbocycles. The highest BCUT2D eigenvalue weighted by atomic mass is 16.5. The van der Waals surface area contributed by atoms with Gasteiger partial charge in [0, 0.05) is 16.5 Å². The number of nitrogens with zero attached hydrogens (tertiary/aromatic N) is 4. The number of aromatic nitrogens is 5. The molecule has 5 rings (SSSR count). The number of hydrogen-bond donors (Lipinski definition) is 2. The molecule has 2 aromatic heterocycles. The number of nitrogens with two attached hydrogens (primary N) is 1. The Labute approximate surface area is 203 Å². The number of fused-ring (bicyclic) bond motifs is 1. The SMILES string of the molecule is CC(C)(C)OC=O.Nc1n[nH]c2ccc(-c3nnn(Cc4ccccc4)c3-c3ccccc3)cc12. The molecule has 0 aliphatic carbocycles. The Kier molecular flexibility index (Phi) is 6.91. The molecule has 0 saturated heterocycles. The van der Waals surface area contributed by atoms with Crippen LogP contribution in [0.4, 0.5) is 5.82 Å². The van der Waals surface area contributed by atoms with Gasteiger partial charge in [0.1, 0.15) is 11.3 Å². The summed E-state index contributed by atoms with van der Waals surface area (Å²) >= 11 is 0. The van der Waals surface area contributed by atoms with E-state index in [0.29, 0.717) is 18.8 Å². The average Bonchev–Trinajstić information content (AvgIpc) is 3.43. The van der Waals surface area contributed by atoms with Crippen molar-refractivity contribution < 1.29 is 9.53 Å². The Balaban J connectivity index is 0.000000364. The third-order valence-corrected chi connectivity index (χ3v) is 5.22. The van der Waals surface area contributed by atoms with Gasteiger partial charge in [-0.3, -0.25) is 9.89 Å². The number of anilines is 1. The van der Waals surface area contributed by atoms with Gasteiger partial charge in [-0.25, -0.2) is 4.68 Å². The van der Waals surface area contributed by atoms with Crippen LogP contribution in [0.1, 0.15) is 26.3 Å². The summed E-state index contributed by atoms with van der Waals surface area (Å²) in [5.41, 5.74) is 11.6. The van der Waals surface area contributed by atoms with Crippen molar-refractivity contribution in [3.05, 3.63) is 84.4 Å². The van der Waals surface area contributed by atoms with Gasteiger partial charge in [-0.1, -0.05) is 71.9 Å². The summed E-state index contributed by atoms with van der Waals surface area (Å²) in [4.78, 5) is 9.60. The maximum absolute atomic E-state index is 9.60. The van der Waals surface area contributed by atoms with Crippen LogP contribution >= 0.6 is 0 Å². The van der Waals surface area contributed by atoms with E-state index in [-0.39, 0.29) is 5.60 Å². The van der Waals surface area contributed by atoms with Gasteiger partial charge in [0.2, 0.25) is 0 Å². The van der Waals surface area contributed by atoms with Gasteiger partial charge in [-0.15, -0.1) is 5.10 Å². The lowest BCUT2D eigenvalue weighted by molar-refractivity contribution is -0.138. The van der Waals surface area contributed by atoms with Crippen molar-refractivity contribution in [2.24, 2.45) is 0 Å². The highest BCUT2D eigenvalue weighted by molar-refractivity contribution is 5.93. The van der Waals surface area contributed by atoms with E-state index >= 15 is 0 Å². The molecule has 3 N–H and O–H groups in total. The quantitative estimate of drug-likeness (QED) is 0.348. The Morgan fingerprint density at radius 1 is 0.971 bits per heavy atom. The molecule has 0 unspecified atom stereocenters. The molecule has 0 spiro atoms. The lowest BCUT2D eigenvalue weighted by atomic mass is 10.0.